The fraction of sp³-hybridized carbons (Fsp3) is 0.538. The van der Waals surface area contributed by atoms with Crippen molar-refractivity contribution in [3.05, 3.63) is 18.5 Å². The second kappa shape index (κ2) is 6.31. The molecule has 20 heavy (non-hydrogen) atoms. The van der Waals surface area contributed by atoms with Crippen molar-refractivity contribution in [1.82, 2.24) is 20.0 Å². The van der Waals surface area contributed by atoms with E-state index in [4.69, 9.17) is 0 Å². The minimum absolute atomic E-state index is 0.290. The molecule has 1 N–H and O–H groups in total. The van der Waals surface area contributed by atoms with Crippen LogP contribution in [-0.2, 0) is 16.1 Å². The third kappa shape index (κ3) is 3.04. The zero-order chi connectivity index (χ0) is 14.5. The molecule has 0 aliphatic carbocycles. The Kier molecular flexibility index (Phi) is 4.49. The Morgan fingerprint density at radius 2 is 2.10 bits per heavy atom. The topological polar surface area (TPSA) is 84.3 Å². The molecule has 7 nitrogen and oxygen atoms in total. The maximum Gasteiger partial charge on any atom is 0.330 e. The maximum absolute atomic E-state index is 12.2. The van der Waals surface area contributed by atoms with E-state index in [1.165, 1.54) is 0 Å². The summed E-state index contributed by atoms with van der Waals surface area (Å²) >= 11 is 0. The summed E-state index contributed by atoms with van der Waals surface area (Å²) in [5, 5.41) is 6.30. The fourth-order valence-electron chi connectivity index (χ4n) is 2.24. The first-order valence-electron chi connectivity index (χ1n) is 6.77. The average molecular weight is 278 g/mol. The Bertz CT molecular complexity index is 498. The van der Waals surface area contributed by atoms with Crippen LogP contribution >= 0.6 is 0 Å². The molecule has 1 atom stereocenters. The number of urea groups is 1. The van der Waals surface area contributed by atoms with Crippen molar-refractivity contribution in [2.45, 2.75) is 32.7 Å². The average Bonchev–Trinajstić information content (AvgIpc) is 2.91. The van der Waals surface area contributed by atoms with E-state index in [0.717, 1.165) is 11.3 Å². The van der Waals surface area contributed by atoms with Crippen molar-refractivity contribution in [2.75, 3.05) is 6.54 Å². The van der Waals surface area contributed by atoms with Crippen molar-refractivity contribution < 1.29 is 14.4 Å². The molecule has 0 radical (unpaired) electrons. The van der Waals surface area contributed by atoms with Gasteiger partial charge in [0.1, 0.15) is 5.92 Å². The van der Waals surface area contributed by atoms with Crippen LogP contribution in [0.25, 0.3) is 0 Å². The largest absolute Gasteiger partial charge is 0.330 e. The Morgan fingerprint density at radius 1 is 1.30 bits per heavy atom. The van der Waals surface area contributed by atoms with Gasteiger partial charge >= 0.3 is 6.03 Å². The summed E-state index contributed by atoms with van der Waals surface area (Å²) in [5.41, 5.74) is 0. The zero-order valence-corrected chi connectivity index (χ0v) is 11.4. The fourth-order valence-corrected chi connectivity index (χ4v) is 2.24. The zero-order valence-electron chi connectivity index (χ0n) is 11.4. The second-order valence-corrected chi connectivity index (χ2v) is 4.75. The molecular weight excluding hydrogens is 260 g/mol. The van der Waals surface area contributed by atoms with Crippen molar-refractivity contribution >= 4 is 17.8 Å². The van der Waals surface area contributed by atoms with Crippen LogP contribution in [0.15, 0.2) is 18.5 Å². The van der Waals surface area contributed by atoms with Gasteiger partial charge in [0.25, 0.3) is 0 Å². The Balaban J connectivity index is 1.93. The van der Waals surface area contributed by atoms with E-state index in [9.17, 15) is 14.4 Å². The van der Waals surface area contributed by atoms with Crippen LogP contribution in [0.2, 0.25) is 0 Å². The van der Waals surface area contributed by atoms with Gasteiger partial charge in [-0.3, -0.25) is 24.5 Å². The minimum atomic E-state index is -0.734. The number of imide groups is 2. The van der Waals surface area contributed by atoms with Gasteiger partial charge in [-0.25, -0.2) is 4.79 Å². The van der Waals surface area contributed by atoms with Crippen LogP contribution in [-0.4, -0.2) is 39.1 Å². The summed E-state index contributed by atoms with van der Waals surface area (Å²) in [7, 11) is 0. The molecule has 108 valence electrons. The summed E-state index contributed by atoms with van der Waals surface area (Å²) < 4.78 is 1.74. The predicted octanol–water partition coefficient (Wildman–Crippen LogP) is 0.768. The SMILES string of the molecule is CCCC1C(=O)NC(=O)N(CCCn2cccn2)C1=O. The van der Waals surface area contributed by atoms with Gasteiger partial charge in [-0.05, 0) is 18.9 Å². The maximum atomic E-state index is 12.2. The van der Waals surface area contributed by atoms with Crippen LogP contribution in [0.4, 0.5) is 4.79 Å². The van der Waals surface area contributed by atoms with Gasteiger partial charge in [-0.2, -0.15) is 5.10 Å². The Hall–Kier alpha value is -2.18. The molecule has 1 aliphatic rings. The second-order valence-electron chi connectivity index (χ2n) is 4.75. The molecular formula is C13H18N4O3. The molecule has 7 heteroatoms. The van der Waals surface area contributed by atoms with E-state index >= 15 is 0 Å². The van der Waals surface area contributed by atoms with Crippen LogP contribution in [0.1, 0.15) is 26.2 Å². The standard InChI is InChI=1S/C13H18N4O3/c1-2-5-10-11(18)15-13(20)17(12(10)19)9-4-8-16-7-3-6-14-16/h3,6-7,10H,2,4-5,8-9H2,1H3,(H,15,18,20). The highest BCUT2D eigenvalue weighted by Crippen LogP contribution is 2.16. The number of barbiturate groups is 1. The molecule has 1 aliphatic heterocycles. The smallest absolute Gasteiger partial charge is 0.277 e. The number of rotatable bonds is 6. The molecule has 1 aromatic rings. The van der Waals surface area contributed by atoms with Gasteiger partial charge in [-0.15, -0.1) is 0 Å². The number of nitrogens with zero attached hydrogens (tertiary/aromatic N) is 3. The lowest BCUT2D eigenvalue weighted by Gasteiger charge is -2.30. The normalized spacial score (nSPS) is 19.4. The number of amides is 4. The highest BCUT2D eigenvalue weighted by Gasteiger charge is 2.39. The summed E-state index contributed by atoms with van der Waals surface area (Å²) in [6, 6.07) is 1.20. The molecule has 1 fully saturated rings. The molecule has 1 unspecified atom stereocenters. The number of nitrogens with one attached hydrogen (secondary N) is 1. The van der Waals surface area contributed by atoms with Crippen LogP contribution in [0.5, 0.6) is 0 Å². The molecule has 2 heterocycles. The summed E-state index contributed by atoms with van der Waals surface area (Å²) in [6.07, 6.45) is 5.29. The van der Waals surface area contributed by atoms with Crippen LogP contribution in [0, 0.1) is 5.92 Å². The van der Waals surface area contributed by atoms with Crippen molar-refractivity contribution in [3.63, 3.8) is 0 Å². The highest BCUT2D eigenvalue weighted by atomic mass is 16.2. The van der Waals surface area contributed by atoms with Crippen molar-refractivity contribution in [1.29, 1.82) is 0 Å². The van der Waals surface area contributed by atoms with Gasteiger partial charge in [-0.1, -0.05) is 13.3 Å². The van der Waals surface area contributed by atoms with Gasteiger partial charge in [0, 0.05) is 25.5 Å². The van der Waals surface area contributed by atoms with Gasteiger partial charge in [0.05, 0.1) is 0 Å². The van der Waals surface area contributed by atoms with E-state index in [0.29, 0.717) is 19.4 Å². The number of aromatic nitrogens is 2. The monoisotopic (exact) mass is 278 g/mol. The van der Waals surface area contributed by atoms with E-state index in [2.05, 4.69) is 10.4 Å². The molecule has 1 aromatic heterocycles. The lowest BCUT2D eigenvalue weighted by Crippen LogP contribution is -2.58. The summed E-state index contributed by atoms with van der Waals surface area (Å²) in [6.45, 7) is 2.81. The lowest BCUT2D eigenvalue weighted by molar-refractivity contribution is -0.142. The number of aryl methyl sites for hydroxylation is 1. The first-order chi connectivity index (χ1) is 9.63. The molecule has 0 saturated carbocycles. The van der Waals surface area contributed by atoms with E-state index in [-0.39, 0.29) is 12.5 Å². The lowest BCUT2D eigenvalue weighted by atomic mass is 9.99. The first kappa shape index (κ1) is 14.2. The van der Waals surface area contributed by atoms with Gasteiger partial charge < -0.3 is 0 Å². The van der Waals surface area contributed by atoms with Crippen molar-refractivity contribution in [2.24, 2.45) is 5.92 Å². The molecule has 0 bridgehead atoms. The Labute approximate surface area is 116 Å². The number of hydrogen-bond donors (Lipinski definition) is 1. The summed E-state index contributed by atoms with van der Waals surface area (Å²) in [5.74, 6) is -1.60. The highest BCUT2D eigenvalue weighted by molar-refractivity contribution is 6.16. The van der Waals surface area contributed by atoms with E-state index < -0.39 is 17.9 Å². The van der Waals surface area contributed by atoms with E-state index in [1.807, 2.05) is 19.2 Å². The third-order valence-corrected chi connectivity index (χ3v) is 3.26. The quantitative estimate of drug-likeness (QED) is 0.779. The first-order valence-corrected chi connectivity index (χ1v) is 6.77. The molecule has 4 amide bonds. The molecule has 2 rings (SSSR count). The molecule has 0 spiro atoms. The van der Waals surface area contributed by atoms with Crippen LogP contribution in [0.3, 0.4) is 0 Å². The number of carbonyl (C=O) groups excluding carboxylic acids is 3. The Morgan fingerprint density at radius 3 is 2.75 bits per heavy atom. The van der Waals surface area contributed by atoms with Gasteiger partial charge in [0.15, 0.2) is 0 Å². The molecule has 1 saturated heterocycles. The van der Waals surface area contributed by atoms with Gasteiger partial charge in [0.2, 0.25) is 11.8 Å². The number of carbonyl (C=O) groups is 3. The minimum Gasteiger partial charge on any atom is -0.277 e. The van der Waals surface area contributed by atoms with E-state index in [1.54, 1.807) is 10.9 Å². The third-order valence-electron chi connectivity index (χ3n) is 3.26. The number of hydrogen-bond acceptors (Lipinski definition) is 4. The predicted molar refractivity (Wildman–Crippen MR) is 70.5 cm³/mol. The molecule has 0 aromatic carbocycles. The summed E-state index contributed by atoms with van der Waals surface area (Å²) in [4.78, 5) is 36.6. The van der Waals surface area contributed by atoms with Crippen molar-refractivity contribution in [3.8, 4) is 0 Å². The van der Waals surface area contributed by atoms with Crippen LogP contribution < -0.4 is 5.32 Å².